The highest BCUT2D eigenvalue weighted by Gasteiger charge is 2.54. The first-order chi connectivity index (χ1) is 20.7. The Kier molecular flexibility index (Phi) is 8.07. The normalized spacial score (nSPS) is 23.7. The Morgan fingerprint density at radius 2 is 1.74 bits per heavy atom. The number of benzene rings is 3. The lowest BCUT2D eigenvalue weighted by Crippen LogP contribution is -2.59. The third-order valence-corrected chi connectivity index (χ3v) is 9.39. The molecule has 0 bridgehead atoms. The number of hydrazone groups is 1. The molecule has 1 aliphatic carbocycles. The minimum Gasteiger partial charge on any atom is -0.344 e. The molecule has 1 saturated heterocycles. The van der Waals surface area contributed by atoms with Crippen molar-refractivity contribution in [3.05, 3.63) is 106 Å². The molecule has 3 aliphatic rings. The van der Waals surface area contributed by atoms with E-state index in [0.717, 1.165) is 34.4 Å². The number of hydrogen-bond donors (Lipinski definition) is 2. The van der Waals surface area contributed by atoms with Gasteiger partial charge in [0.1, 0.15) is 11.5 Å². The summed E-state index contributed by atoms with van der Waals surface area (Å²) in [5.74, 6) is -1.02. The summed E-state index contributed by atoms with van der Waals surface area (Å²) in [5.41, 5.74) is 10.5. The van der Waals surface area contributed by atoms with Crippen molar-refractivity contribution in [2.24, 2.45) is 22.2 Å². The van der Waals surface area contributed by atoms with Gasteiger partial charge in [-0.05, 0) is 53.6 Å². The lowest BCUT2D eigenvalue weighted by Gasteiger charge is -2.41. The minimum atomic E-state index is -0.936. The van der Waals surface area contributed by atoms with Gasteiger partial charge in [0.05, 0.1) is 11.6 Å². The van der Waals surface area contributed by atoms with Crippen molar-refractivity contribution in [1.82, 2.24) is 15.2 Å². The van der Waals surface area contributed by atoms with E-state index < -0.39 is 23.4 Å². The maximum atomic E-state index is 14.3. The molecule has 2 heterocycles. The molecule has 222 valence electrons. The number of carbonyl (C=O) groups excluding carboxylic acids is 3. The third-order valence-electron chi connectivity index (χ3n) is 9.14. The van der Waals surface area contributed by atoms with Crippen LogP contribution in [0.3, 0.4) is 0 Å². The van der Waals surface area contributed by atoms with Crippen molar-refractivity contribution in [1.29, 1.82) is 0 Å². The predicted molar refractivity (Wildman–Crippen MR) is 166 cm³/mol. The summed E-state index contributed by atoms with van der Waals surface area (Å²) in [6.07, 6.45) is 2.59. The van der Waals surface area contributed by atoms with Crippen LogP contribution in [0.2, 0.25) is 5.02 Å². The van der Waals surface area contributed by atoms with Gasteiger partial charge in [-0.1, -0.05) is 78.3 Å². The van der Waals surface area contributed by atoms with Gasteiger partial charge < -0.3 is 16.0 Å². The SMILES string of the molecule is CN1N=C2CCN(C(=O)C(Cc3ccc(Cl)cc3)NC(=O)C3CCc4ccccc4C3N)CC2(Cc2ccccc2)C1=O. The molecule has 0 aromatic heterocycles. The number of halogens is 1. The van der Waals surface area contributed by atoms with Crippen molar-refractivity contribution in [2.75, 3.05) is 20.1 Å². The zero-order valence-electron chi connectivity index (χ0n) is 24.2. The van der Waals surface area contributed by atoms with Crippen molar-refractivity contribution in [3.63, 3.8) is 0 Å². The maximum absolute atomic E-state index is 14.3. The molecule has 43 heavy (non-hydrogen) atoms. The van der Waals surface area contributed by atoms with Gasteiger partial charge in [0.15, 0.2) is 0 Å². The number of carbonyl (C=O) groups is 3. The fourth-order valence-electron chi connectivity index (χ4n) is 6.86. The number of nitrogens with zero attached hydrogens (tertiary/aromatic N) is 3. The van der Waals surface area contributed by atoms with Crippen LogP contribution in [-0.4, -0.2) is 59.5 Å². The van der Waals surface area contributed by atoms with Crippen LogP contribution in [0, 0.1) is 11.3 Å². The van der Waals surface area contributed by atoms with E-state index in [1.165, 1.54) is 5.01 Å². The number of nitrogens with two attached hydrogens (primary N) is 1. The van der Waals surface area contributed by atoms with Crippen LogP contribution in [-0.2, 0) is 33.6 Å². The summed E-state index contributed by atoms with van der Waals surface area (Å²) in [6.45, 7) is 0.616. The Hall–Kier alpha value is -4.01. The van der Waals surface area contributed by atoms with Crippen LogP contribution in [0.25, 0.3) is 0 Å². The quantitative estimate of drug-likeness (QED) is 0.430. The highest BCUT2D eigenvalue weighted by molar-refractivity contribution is 6.30. The van der Waals surface area contributed by atoms with Gasteiger partial charge in [-0.25, -0.2) is 5.01 Å². The van der Waals surface area contributed by atoms with Crippen molar-refractivity contribution >= 4 is 35.0 Å². The molecule has 8 nitrogen and oxygen atoms in total. The van der Waals surface area contributed by atoms with Crippen LogP contribution in [0.15, 0.2) is 84.0 Å². The van der Waals surface area contributed by atoms with E-state index in [1.807, 2.05) is 60.7 Å². The summed E-state index contributed by atoms with van der Waals surface area (Å²) in [6, 6.07) is 23.8. The van der Waals surface area contributed by atoms with Crippen LogP contribution >= 0.6 is 11.6 Å². The summed E-state index contributed by atoms with van der Waals surface area (Å²) >= 11 is 6.13. The minimum absolute atomic E-state index is 0.117. The fourth-order valence-corrected chi connectivity index (χ4v) is 6.99. The molecular formula is C34H36ClN5O3. The third kappa shape index (κ3) is 5.69. The number of piperidine rings is 1. The first-order valence-electron chi connectivity index (χ1n) is 14.8. The number of rotatable bonds is 7. The standard InChI is InChI=1S/C34H36ClN5O3/c1-39-33(43)34(20-23-7-3-2-4-8-23)21-40(18-17-29(34)38-39)32(42)28(19-22-11-14-25(35)15-12-22)37-31(41)27-16-13-24-9-5-6-10-26(24)30(27)36/h2-12,14-15,27-28,30H,13,16-21,36H2,1H3,(H,37,41). The molecule has 3 aromatic rings. The van der Waals surface area contributed by atoms with Crippen molar-refractivity contribution < 1.29 is 14.4 Å². The Balaban J connectivity index is 1.26. The molecule has 9 heteroatoms. The van der Waals surface area contributed by atoms with E-state index in [4.69, 9.17) is 17.3 Å². The highest BCUT2D eigenvalue weighted by atomic mass is 35.5. The van der Waals surface area contributed by atoms with Gasteiger partial charge in [0.2, 0.25) is 11.8 Å². The second-order valence-electron chi connectivity index (χ2n) is 11.9. The Morgan fingerprint density at radius 1 is 1.02 bits per heavy atom. The molecular weight excluding hydrogens is 562 g/mol. The second-order valence-corrected chi connectivity index (χ2v) is 12.3. The van der Waals surface area contributed by atoms with E-state index in [9.17, 15) is 14.4 Å². The number of aryl methyl sites for hydroxylation is 1. The number of hydrogen-bond acceptors (Lipinski definition) is 5. The molecule has 6 rings (SSSR count). The van der Waals surface area contributed by atoms with Crippen molar-refractivity contribution in [3.8, 4) is 0 Å². The summed E-state index contributed by atoms with van der Waals surface area (Å²) in [7, 11) is 1.67. The number of nitrogens with one attached hydrogen (secondary N) is 1. The average molecular weight is 598 g/mol. The number of fused-ring (bicyclic) bond motifs is 2. The highest BCUT2D eigenvalue weighted by Crippen LogP contribution is 2.38. The molecule has 0 spiro atoms. The largest absolute Gasteiger partial charge is 0.344 e. The van der Waals surface area contributed by atoms with E-state index in [1.54, 1.807) is 24.1 Å². The summed E-state index contributed by atoms with van der Waals surface area (Å²) in [4.78, 5) is 43.5. The molecule has 4 atom stereocenters. The average Bonchev–Trinajstić information content (AvgIpc) is 3.26. The molecule has 3 aromatic carbocycles. The monoisotopic (exact) mass is 597 g/mol. The van der Waals surface area contributed by atoms with Gasteiger partial charge in [-0.3, -0.25) is 14.4 Å². The molecule has 2 aliphatic heterocycles. The molecule has 1 fully saturated rings. The molecule has 3 N–H and O–H groups in total. The van der Waals surface area contributed by atoms with Gasteiger partial charge in [0.25, 0.3) is 5.91 Å². The molecule has 4 unspecified atom stereocenters. The topological polar surface area (TPSA) is 108 Å². The Bertz CT molecular complexity index is 1560. The zero-order valence-corrected chi connectivity index (χ0v) is 25.0. The van der Waals surface area contributed by atoms with E-state index >= 15 is 0 Å². The molecule has 3 amide bonds. The lowest BCUT2D eigenvalue weighted by atomic mass is 9.73. The smallest absolute Gasteiger partial charge is 0.256 e. The fraction of sp³-hybridized carbons (Fsp3) is 0.353. The lowest BCUT2D eigenvalue weighted by molar-refractivity contribution is -0.142. The summed E-state index contributed by atoms with van der Waals surface area (Å²) in [5, 5.41) is 9.66. The predicted octanol–water partition coefficient (Wildman–Crippen LogP) is 3.92. The molecule has 0 saturated carbocycles. The van der Waals surface area contributed by atoms with Gasteiger partial charge >= 0.3 is 0 Å². The summed E-state index contributed by atoms with van der Waals surface area (Å²) < 4.78 is 0. The molecule has 0 radical (unpaired) electrons. The zero-order chi connectivity index (χ0) is 30.1. The number of likely N-dealkylation sites (tertiary alicyclic amines) is 1. The van der Waals surface area contributed by atoms with Gasteiger partial charge in [-0.15, -0.1) is 0 Å². The van der Waals surface area contributed by atoms with E-state index in [2.05, 4.69) is 16.5 Å². The maximum Gasteiger partial charge on any atom is 0.256 e. The van der Waals surface area contributed by atoms with E-state index in [0.29, 0.717) is 30.8 Å². The van der Waals surface area contributed by atoms with Crippen molar-refractivity contribution in [2.45, 2.75) is 44.2 Å². The Labute approximate surface area is 256 Å². The number of amides is 3. The Morgan fingerprint density at radius 3 is 2.51 bits per heavy atom. The van der Waals surface area contributed by atoms with Gasteiger partial charge in [0, 0.05) is 44.0 Å². The van der Waals surface area contributed by atoms with Gasteiger partial charge in [-0.2, -0.15) is 5.10 Å². The van der Waals surface area contributed by atoms with Crippen LogP contribution in [0.5, 0.6) is 0 Å². The first-order valence-corrected chi connectivity index (χ1v) is 15.2. The van der Waals surface area contributed by atoms with E-state index in [-0.39, 0.29) is 30.7 Å². The van der Waals surface area contributed by atoms with Crippen LogP contribution in [0.1, 0.15) is 41.1 Å². The van der Waals surface area contributed by atoms with Crippen LogP contribution < -0.4 is 11.1 Å². The second kappa shape index (κ2) is 11.9. The van der Waals surface area contributed by atoms with Crippen LogP contribution in [0.4, 0.5) is 0 Å². The first kappa shape index (κ1) is 29.1.